The molecule has 1 aromatic heterocycles. The van der Waals surface area contributed by atoms with Crippen molar-refractivity contribution < 1.29 is 30.3 Å². The zero-order chi connectivity index (χ0) is 25.2. The Balaban J connectivity index is 0.000000400. The van der Waals surface area contributed by atoms with Crippen molar-refractivity contribution in [2.24, 2.45) is 0 Å². The van der Waals surface area contributed by atoms with Crippen molar-refractivity contribution in [1.29, 1.82) is 0 Å². The van der Waals surface area contributed by atoms with Gasteiger partial charge in [-0.25, -0.2) is 0 Å². The molecular formula is C31H33IrN2O2-. The molecule has 2 N–H and O–H groups in total. The van der Waals surface area contributed by atoms with Crippen molar-refractivity contribution in [2.75, 3.05) is 0 Å². The smallest absolute Gasteiger partial charge is 0.0873 e. The minimum Gasteiger partial charge on any atom is -0.393 e. The van der Waals surface area contributed by atoms with Gasteiger partial charge in [0, 0.05) is 37.4 Å². The Morgan fingerprint density at radius 2 is 1.42 bits per heavy atom. The van der Waals surface area contributed by atoms with E-state index in [1.807, 2.05) is 18.3 Å². The van der Waals surface area contributed by atoms with E-state index in [2.05, 4.69) is 81.4 Å². The molecule has 4 nitrogen and oxygen atoms in total. The number of benzene rings is 4. The van der Waals surface area contributed by atoms with Gasteiger partial charge in [0.05, 0.1) is 23.4 Å². The molecule has 0 saturated heterocycles. The van der Waals surface area contributed by atoms with E-state index in [4.69, 9.17) is 20.2 Å². The molecule has 0 spiro atoms. The third-order valence-electron chi connectivity index (χ3n) is 6.07. The number of hydrogen-bond acceptors (Lipinski definition) is 4. The van der Waals surface area contributed by atoms with Crippen molar-refractivity contribution in [3.8, 4) is 11.3 Å². The zero-order valence-electron chi connectivity index (χ0n) is 21.4. The van der Waals surface area contributed by atoms with Crippen molar-refractivity contribution in [3.05, 3.63) is 84.6 Å². The molecular weight excluding hydrogens is 625 g/mol. The van der Waals surface area contributed by atoms with E-state index >= 15 is 0 Å². The molecule has 0 aliphatic rings. The molecule has 0 aliphatic carbocycles. The van der Waals surface area contributed by atoms with E-state index in [0.29, 0.717) is 6.42 Å². The normalized spacial score (nSPS) is 13.1. The summed E-state index contributed by atoms with van der Waals surface area (Å²) in [6.07, 6.45) is 1.60. The summed E-state index contributed by atoms with van der Waals surface area (Å²) in [5.74, 6) is 0. The van der Waals surface area contributed by atoms with Gasteiger partial charge >= 0.3 is 0 Å². The molecule has 189 valence electrons. The Bertz CT molecular complexity index is 1410. The zero-order valence-corrected chi connectivity index (χ0v) is 23.8. The molecule has 1 radical (unpaired) electrons. The third-order valence-corrected chi connectivity index (χ3v) is 6.07. The van der Waals surface area contributed by atoms with Crippen molar-refractivity contribution >= 4 is 32.6 Å². The summed E-state index contributed by atoms with van der Waals surface area (Å²) in [6, 6.07) is 26.5. The van der Waals surface area contributed by atoms with E-state index < -0.39 is 0 Å². The largest absolute Gasteiger partial charge is 0.393 e. The maximum Gasteiger partial charge on any atom is 0.0873 e. The summed E-state index contributed by atoms with van der Waals surface area (Å²) >= 11 is 0. The molecule has 5 rings (SSSR count). The van der Waals surface area contributed by atoms with Gasteiger partial charge in [-0.3, -0.25) is 4.98 Å². The predicted molar refractivity (Wildman–Crippen MR) is 146 cm³/mol. The molecule has 0 saturated carbocycles. The van der Waals surface area contributed by atoms with Gasteiger partial charge in [0.25, 0.3) is 0 Å². The Hall–Kier alpha value is -2.69. The summed E-state index contributed by atoms with van der Waals surface area (Å²) in [7, 11) is 0. The second kappa shape index (κ2) is 11.6. The maximum absolute atomic E-state index is 8.56. The molecule has 2 unspecified atom stereocenters. The van der Waals surface area contributed by atoms with E-state index in [1.54, 1.807) is 13.8 Å². The van der Waals surface area contributed by atoms with Gasteiger partial charge in [0.15, 0.2) is 0 Å². The van der Waals surface area contributed by atoms with Gasteiger partial charge in [0.1, 0.15) is 0 Å². The van der Waals surface area contributed by atoms with Crippen LogP contribution in [0, 0.1) is 6.07 Å². The molecule has 5 aromatic rings. The molecule has 4 aromatic carbocycles. The van der Waals surface area contributed by atoms with E-state index in [9.17, 15) is 0 Å². The average Bonchev–Trinajstić information content (AvgIpc) is 2.83. The van der Waals surface area contributed by atoms with Crippen LogP contribution in [0.3, 0.4) is 0 Å². The standard InChI is InChI=1S/C26H21N2.C5H12O2.Ir/c1-26(2,3)18-14-12-17(13-15-18)23-16-27-24-21-10-6-4-8-19(21)20-9-5-7-11-22(20)25(24)28-23;1-4(6)3-5(2)7;/h4-9,11-16H,1-3H3;4-7H,3H2,1-2H3;/q-1;;. The van der Waals surface area contributed by atoms with E-state index in [0.717, 1.165) is 33.1 Å². The molecule has 1 heterocycles. The summed E-state index contributed by atoms with van der Waals surface area (Å²) < 4.78 is 0. The van der Waals surface area contributed by atoms with Gasteiger partial charge in [-0.15, -0.1) is 29.7 Å². The molecule has 0 fully saturated rings. The van der Waals surface area contributed by atoms with Crippen LogP contribution in [-0.4, -0.2) is 32.4 Å². The van der Waals surface area contributed by atoms with Crippen molar-refractivity contribution in [3.63, 3.8) is 0 Å². The SMILES string of the molecule is CC(C)(C)c1ccc(-c2cnc3c4[c-]cccc4c4ccccc4c3n2)cc1.CC(O)CC(C)O.[Ir]. The quantitative estimate of drug-likeness (QED) is 0.165. The van der Waals surface area contributed by atoms with Crippen LogP contribution in [0.1, 0.15) is 46.6 Å². The first-order valence-corrected chi connectivity index (χ1v) is 12.1. The van der Waals surface area contributed by atoms with E-state index in [1.165, 1.54) is 16.3 Å². The van der Waals surface area contributed by atoms with Gasteiger partial charge < -0.3 is 15.2 Å². The van der Waals surface area contributed by atoms with Crippen LogP contribution in [0.2, 0.25) is 0 Å². The molecule has 5 heteroatoms. The van der Waals surface area contributed by atoms with Crippen LogP contribution < -0.4 is 0 Å². The Morgan fingerprint density at radius 3 is 2.00 bits per heavy atom. The van der Waals surface area contributed by atoms with E-state index in [-0.39, 0.29) is 37.7 Å². The Morgan fingerprint density at radius 1 is 0.806 bits per heavy atom. The van der Waals surface area contributed by atoms with Crippen molar-refractivity contribution in [1.82, 2.24) is 9.97 Å². The first-order chi connectivity index (χ1) is 16.6. The average molecular weight is 658 g/mol. The number of nitrogens with zero attached hydrogens (tertiary/aromatic N) is 2. The fraction of sp³-hybridized carbons (Fsp3) is 0.290. The number of hydrogen-bond donors (Lipinski definition) is 2. The summed E-state index contributed by atoms with van der Waals surface area (Å²) in [6.45, 7) is 10.0. The fourth-order valence-corrected chi connectivity index (χ4v) is 4.32. The fourth-order valence-electron chi connectivity index (χ4n) is 4.32. The Kier molecular flexibility index (Phi) is 8.97. The van der Waals surface area contributed by atoms with Crippen LogP contribution in [0.15, 0.2) is 72.9 Å². The van der Waals surface area contributed by atoms with Gasteiger partial charge in [-0.05, 0) is 36.6 Å². The molecule has 0 aliphatic heterocycles. The molecule has 36 heavy (non-hydrogen) atoms. The van der Waals surface area contributed by atoms with Gasteiger partial charge in [-0.2, -0.15) is 0 Å². The first-order valence-electron chi connectivity index (χ1n) is 12.1. The maximum atomic E-state index is 8.56. The monoisotopic (exact) mass is 658 g/mol. The third kappa shape index (κ3) is 6.16. The first kappa shape index (κ1) is 27.9. The Labute approximate surface area is 226 Å². The number of fused-ring (bicyclic) bond motifs is 6. The number of aliphatic hydroxyl groups is 2. The topological polar surface area (TPSA) is 66.2 Å². The second-order valence-corrected chi connectivity index (χ2v) is 10.2. The predicted octanol–water partition coefficient (Wildman–Crippen LogP) is 6.84. The second-order valence-electron chi connectivity index (χ2n) is 10.2. The van der Waals surface area contributed by atoms with Crippen LogP contribution in [-0.2, 0) is 25.5 Å². The molecule has 2 atom stereocenters. The van der Waals surface area contributed by atoms with Crippen LogP contribution in [0.4, 0.5) is 0 Å². The summed E-state index contributed by atoms with van der Waals surface area (Å²) in [5, 5.41) is 21.6. The molecule has 0 bridgehead atoms. The van der Waals surface area contributed by atoms with Crippen LogP contribution in [0.5, 0.6) is 0 Å². The number of aliphatic hydroxyl groups excluding tert-OH is 2. The number of rotatable bonds is 3. The summed E-state index contributed by atoms with van der Waals surface area (Å²) in [4.78, 5) is 9.85. The number of aromatic nitrogens is 2. The van der Waals surface area contributed by atoms with Crippen LogP contribution >= 0.6 is 0 Å². The minimum absolute atomic E-state index is 0. The molecule has 0 amide bonds. The van der Waals surface area contributed by atoms with Crippen molar-refractivity contribution in [2.45, 2.75) is 58.7 Å². The van der Waals surface area contributed by atoms with Gasteiger partial charge in [0.2, 0.25) is 0 Å². The van der Waals surface area contributed by atoms with Gasteiger partial charge in [-0.1, -0.05) is 80.1 Å². The minimum atomic E-state index is -0.375. The summed E-state index contributed by atoms with van der Waals surface area (Å²) in [5.41, 5.74) is 5.28. The van der Waals surface area contributed by atoms with Crippen LogP contribution in [0.25, 0.3) is 43.8 Å².